The van der Waals surface area contributed by atoms with Crippen LogP contribution in [-0.4, -0.2) is 30.2 Å². The summed E-state index contributed by atoms with van der Waals surface area (Å²) in [5.41, 5.74) is 0.0944. The van der Waals surface area contributed by atoms with E-state index in [4.69, 9.17) is 4.74 Å². The van der Waals surface area contributed by atoms with Gasteiger partial charge in [-0.25, -0.2) is 4.79 Å². The molecule has 1 saturated carbocycles. The van der Waals surface area contributed by atoms with Crippen LogP contribution in [0.4, 0.5) is 8.78 Å². The number of halogens is 2. The maximum absolute atomic E-state index is 12.5. The van der Waals surface area contributed by atoms with Crippen molar-refractivity contribution in [2.45, 2.75) is 45.6 Å². The van der Waals surface area contributed by atoms with Gasteiger partial charge in [0.1, 0.15) is 5.70 Å². The monoisotopic (exact) mass is 383 g/mol. The Hall–Kier alpha value is -2.64. The molecule has 1 aliphatic carbocycles. The third-order valence-corrected chi connectivity index (χ3v) is 4.26. The van der Waals surface area contributed by atoms with E-state index in [0.29, 0.717) is 5.56 Å². The second-order valence-electron chi connectivity index (χ2n) is 6.21. The summed E-state index contributed by atoms with van der Waals surface area (Å²) < 4.78 is 34.6. The highest BCUT2D eigenvalue weighted by molar-refractivity contribution is 5.97. The summed E-state index contributed by atoms with van der Waals surface area (Å²) in [4.78, 5) is 23.8. The first kappa shape index (κ1) is 20.7. The van der Waals surface area contributed by atoms with Crippen molar-refractivity contribution < 1.29 is 33.0 Å². The van der Waals surface area contributed by atoms with E-state index in [1.165, 1.54) is 24.3 Å². The zero-order valence-electron chi connectivity index (χ0n) is 15.0. The summed E-state index contributed by atoms with van der Waals surface area (Å²) in [5.74, 6) is -1.87. The van der Waals surface area contributed by atoms with Crippen molar-refractivity contribution in [2.75, 3.05) is 6.61 Å². The Balaban J connectivity index is 2.21. The summed E-state index contributed by atoms with van der Waals surface area (Å²) in [6.45, 7) is -1.10. The fourth-order valence-electron chi connectivity index (χ4n) is 2.99. The van der Waals surface area contributed by atoms with Gasteiger partial charge in [-0.1, -0.05) is 25.3 Å². The Kier molecular flexibility index (Phi) is 7.57. The van der Waals surface area contributed by atoms with Crippen molar-refractivity contribution in [1.82, 2.24) is 5.32 Å². The third kappa shape index (κ3) is 6.23. The van der Waals surface area contributed by atoms with Gasteiger partial charge < -0.3 is 19.9 Å². The molecular weight excluding hydrogens is 360 g/mol. The summed E-state index contributed by atoms with van der Waals surface area (Å²) in [6, 6.07) is 4.07. The minimum Gasteiger partial charge on any atom is -0.490 e. The highest BCUT2D eigenvalue weighted by Gasteiger charge is 2.23. The van der Waals surface area contributed by atoms with Crippen LogP contribution in [0.25, 0.3) is 6.08 Å². The molecule has 0 heterocycles. The lowest BCUT2D eigenvalue weighted by molar-refractivity contribution is -0.135. The van der Waals surface area contributed by atoms with Crippen LogP contribution in [0.3, 0.4) is 0 Å². The van der Waals surface area contributed by atoms with Gasteiger partial charge in [-0.15, -0.1) is 0 Å². The minimum atomic E-state index is -3.00. The topological polar surface area (TPSA) is 84.9 Å². The van der Waals surface area contributed by atoms with E-state index in [2.05, 4.69) is 10.1 Å². The number of benzene rings is 1. The summed E-state index contributed by atoms with van der Waals surface area (Å²) in [5, 5.41) is 11.9. The van der Waals surface area contributed by atoms with Crippen LogP contribution in [0.5, 0.6) is 11.5 Å². The van der Waals surface area contributed by atoms with Gasteiger partial charge >= 0.3 is 12.6 Å². The van der Waals surface area contributed by atoms with Crippen LogP contribution in [0.2, 0.25) is 0 Å². The van der Waals surface area contributed by atoms with E-state index in [9.17, 15) is 23.5 Å². The predicted molar refractivity (Wildman–Crippen MR) is 94.6 cm³/mol. The Bertz CT molecular complexity index is 699. The second kappa shape index (κ2) is 9.89. The molecule has 0 aliphatic heterocycles. The van der Waals surface area contributed by atoms with E-state index in [1.54, 1.807) is 6.92 Å². The van der Waals surface area contributed by atoms with Crippen molar-refractivity contribution in [3.05, 3.63) is 29.5 Å². The lowest BCUT2D eigenvalue weighted by Crippen LogP contribution is -2.33. The van der Waals surface area contributed by atoms with E-state index in [1.807, 2.05) is 0 Å². The van der Waals surface area contributed by atoms with Gasteiger partial charge in [0.2, 0.25) is 5.91 Å². The molecule has 1 fully saturated rings. The Morgan fingerprint density at radius 1 is 1.26 bits per heavy atom. The van der Waals surface area contributed by atoms with Crippen molar-refractivity contribution in [2.24, 2.45) is 5.92 Å². The largest absolute Gasteiger partial charge is 0.490 e. The molecule has 2 rings (SSSR count). The number of hydrogen-bond donors (Lipinski definition) is 2. The van der Waals surface area contributed by atoms with Crippen LogP contribution < -0.4 is 14.8 Å². The fourth-order valence-corrected chi connectivity index (χ4v) is 2.99. The molecule has 2 N–H and O–H groups in total. The zero-order valence-corrected chi connectivity index (χ0v) is 15.0. The standard InChI is InChI=1S/C19H23F2NO5/c1-2-26-16-11-12(8-9-15(16)27-19(20)21)10-14(18(24)25)22-17(23)13-6-4-3-5-7-13/h8-11,13,19H,2-7H2,1H3,(H,22,23)(H,24,25). The molecule has 6 nitrogen and oxygen atoms in total. The molecule has 0 radical (unpaired) electrons. The number of aliphatic carboxylic acids is 1. The third-order valence-electron chi connectivity index (χ3n) is 4.26. The van der Waals surface area contributed by atoms with Gasteiger partial charge in [-0.05, 0) is 43.5 Å². The van der Waals surface area contributed by atoms with E-state index in [0.717, 1.165) is 32.1 Å². The molecular formula is C19H23F2NO5. The van der Waals surface area contributed by atoms with Crippen molar-refractivity contribution in [3.8, 4) is 11.5 Å². The number of carbonyl (C=O) groups is 2. The SMILES string of the molecule is CCOc1cc(C=C(NC(=O)C2CCCCC2)C(=O)O)ccc1OC(F)F. The zero-order chi connectivity index (χ0) is 19.8. The normalized spacial score (nSPS) is 15.5. The van der Waals surface area contributed by atoms with Gasteiger partial charge in [-0.3, -0.25) is 4.79 Å². The van der Waals surface area contributed by atoms with Crippen LogP contribution >= 0.6 is 0 Å². The number of carboxylic acids is 1. The van der Waals surface area contributed by atoms with Crippen LogP contribution in [-0.2, 0) is 9.59 Å². The van der Waals surface area contributed by atoms with Gasteiger partial charge in [0, 0.05) is 5.92 Å². The molecule has 1 amide bonds. The van der Waals surface area contributed by atoms with Gasteiger partial charge in [0.15, 0.2) is 11.5 Å². The highest BCUT2D eigenvalue weighted by Crippen LogP contribution is 2.30. The second-order valence-corrected chi connectivity index (χ2v) is 6.21. The Morgan fingerprint density at radius 3 is 2.56 bits per heavy atom. The average Bonchev–Trinajstić information content (AvgIpc) is 2.63. The Labute approximate surface area is 156 Å². The molecule has 1 aliphatic rings. The molecule has 1 aromatic rings. The van der Waals surface area contributed by atoms with Crippen LogP contribution in [0.15, 0.2) is 23.9 Å². The number of amides is 1. The quantitative estimate of drug-likeness (QED) is 0.667. The fraction of sp³-hybridized carbons (Fsp3) is 0.474. The predicted octanol–water partition coefficient (Wildman–Crippen LogP) is 3.81. The lowest BCUT2D eigenvalue weighted by atomic mass is 9.88. The first-order valence-corrected chi connectivity index (χ1v) is 8.88. The first-order valence-electron chi connectivity index (χ1n) is 8.88. The summed E-state index contributed by atoms with van der Waals surface area (Å²) in [7, 11) is 0. The molecule has 148 valence electrons. The lowest BCUT2D eigenvalue weighted by Gasteiger charge is -2.20. The maximum atomic E-state index is 12.5. The van der Waals surface area contributed by atoms with Gasteiger partial charge in [0.05, 0.1) is 6.61 Å². The van der Waals surface area contributed by atoms with Crippen molar-refractivity contribution in [3.63, 3.8) is 0 Å². The molecule has 0 saturated heterocycles. The summed E-state index contributed by atoms with van der Waals surface area (Å²) >= 11 is 0. The molecule has 0 aromatic heterocycles. The number of alkyl halides is 2. The van der Waals surface area contributed by atoms with Crippen molar-refractivity contribution >= 4 is 18.0 Å². The van der Waals surface area contributed by atoms with E-state index in [-0.39, 0.29) is 35.6 Å². The number of carboxylic acid groups (broad SMARTS) is 1. The molecule has 0 bridgehead atoms. The number of hydrogen-bond acceptors (Lipinski definition) is 4. The molecule has 0 spiro atoms. The first-order chi connectivity index (χ1) is 12.9. The Morgan fingerprint density at radius 2 is 1.96 bits per heavy atom. The van der Waals surface area contributed by atoms with E-state index < -0.39 is 12.6 Å². The number of rotatable bonds is 8. The number of carbonyl (C=O) groups excluding carboxylic acids is 1. The minimum absolute atomic E-state index is 0.0647. The molecule has 0 atom stereocenters. The molecule has 1 aromatic carbocycles. The smallest absolute Gasteiger partial charge is 0.387 e. The average molecular weight is 383 g/mol. The molecule has 0 unspecified atom stereocenters. The van der Waals surface area contributed by atoms with Gasteiger partial charge in [0.25, 0.3) is 0 Å². The highest BCUT2D eigenvalue weighted by atomic mass is 19.3. The molecule has 8 heteroatoms. The maximum Gasteiger partial charge on any atom is 0.387 e. The van der Waals surface area contributed by atoms with Crippen LogP contribution in [0, 0.1) is 5.92 Å². The van der Waals surface area contributed by atoms with Gasteiger partial charge in [-0.2, -0.15) is 8.78 Å². The number of ether oxygens (including phenoxy) is 2. The van der Waals surface area contributed by atoms with Crippen molar-refractivity contribution in [1.29, 1.82) is 0 Å². The number of nitrogens with one attached hydrogen (secondary N) is 1. The summed E-state index contributed by atoms with van der Waals surface area (Å²) in [6.07, 6.45) is 5.73. The molecule has 27 heavy (non-hydrogen) atoms. The van der Waals surface area contributed by atoms with E-state index >= 15 is 0 Å². The van der Waals surface area contributed by atoms with Crippen LogP contribution in [0.1, 0.15) is 44.6 Å².